The highest BCUT2D eigenvalue weighted by Gasteiger charge is 2.18. The number of benzene rings is 3. The van der Waals surface area contributed by atoms with Gasteiger partial charge in [0.05, 0.1) is 0 Å². The molecule has 3 aromatic carbocycles. The molecule has 0 atom stereocenters. The Bertz CT molecular complexity index is 1400. The maximum Gasteiger partial charge on any atom is 0.257 e. The summed E-state index contributed by atoms with van der Waals surface area (Å²) in [5.41, 5.74) is 4.69. The molecule has 1 aromatic heterocycles. The van der Waals surface area contributed by atoms with Crippen LogP contribution in [0.3, 0.4) is 0 Å². The van der Waals surface area contributed by atoms with Gasteiger partial charge in [0.25, 0.3) is 5.91 Å². The first-order valence-electron chi connectivity index (χ1n) is 10.8. The van der Waals surface area contributed by atoms with Crippen LogP contribution in [0.4, 0.5) is 5.69 Å². The Balaban J connectivity index is 1.28. The molecule has 0 bridgehead atoms. The number of oxazole rings is 1. The number of hydrogen-bond acceptors (Lipinski definition) is 6. The topological polar surface area (TPSA) is 85.6 Å². The van der Waals surface area contributed by atoms with Gasteiger partial charge in [-0.3, -0.25) is 10.1 Å². The van der Waals surface area contributed by atoms with Gasteiger partial charge in [0.1, 0.15) is 5.52 Å². The van der Waals surface area contributed by atoms with Gasteiger partial charge in [-0.1, -0.05) is 32.9 Å². The summed E-state index contributed by atoms with van der Waals surface area (Å²) in [7, 11) is 0. The van der Waals surface area contributed by atoms with Crippen LogP contribution in [-0.4, -0.2) is 22.8 Å². The van der Waals surface area contributed by atoms with Gasteiger partial charge in [-0.25, -0.2) is 4.98 Å². The number of thiocarbonyl (C=S) groups is 1. The van der Waals surface area contributed by atoms with Crippen molar-refractivity contribution >= 4 is 40.0 Å². The molecule has 0 aliphatic carbocycles. The summed E-state index contributed by atoms with van der Waals surface area (Å²) in [6, 6.07) is 18.7. The number of carbonyl (C=O) groups excluding carboxylic acids is 1. The van der Waals surface area contributed by atoms with Crippen LogP contribution in [0.5, 0.6) is 11.5 Å². The van der Waals surface area contributed by atoms with Crippen LogP contribution in [0.15, 0.2) is 65.1 Å². The number of amides is 1. The van der Waals surface area contributed by atoms with E-state index in [1.165, 1.54) is 5.56 Å². The highest BCUT2D eigenvalue weighted by molar-refractivity contribution is 7.80. The summed E-state index contributed by atoms with van der Waals surface area (Å²) >= 11 is 5.32. The maximum absolute atomic E-state index is 12.5. The zero-order valence-corrected chi connectivity index (χ0v) is 19.8. The van der Waals surface area contributed by atoms with E-state index in [-0.39, 0.29) is 23.2 Å². The SMILES string of the molecule is CC(C)(C)c1ccc(-c2nc3cc(NC(=S)NC(=O)c4ccc5c(c4)OCO5)ccc3o2)cc1. The molecule has 1 amide bonds. The molecular weight excluding hydrogens is 450 g/mol. The van der Waals surface area contributed by atoms with Gasteiger partial charge < -0.3 is 19.2 Å². The first-order chi connectivity index (χ1) is 16.3. The van der Waals surface area contributed by atoms with E-state index in [4.69, 9.17) is 26.1 Å². The minimum atomic E-state index is -0.348. The average Bonchev–Trinajstić information content (AvgIpc) is 3.44. The molecule has 2 N–H and O–H groups in total. The van der Waals surface area contributed by atoms with Crippen LogP contribution in [0, 0.1) is 0 Å². The monoisotopic (exact) mass is 473 g/mol. The third-order valence-electron chi connectivity index (χ3n) is 5.51. The fourth-order valence-electron chi connectivity index (χ4n) is 3.62. The molecular formula is C26H23N3O4S. The highest BCUT2D eigenvalue weighted by atomic mass is 32.1. The number of anilines is 1. The fraction of sp³-hybridized carbons (Fsp3) is 0.192. The molecule has 4 aromatic rings. The number of nitrogens with zero attached hydrogens (tertiary/aromatic N) is 1. The smallest absolute Gasteiger partial charge is 0.257 e. The molecule has 5 rings (SSSR count). The molecule has 1 aliphatic rings. The van der Waals surface area contributed by atoms with E-state index >= 15 is 0 Å². The molecule has 34 heavy (non-hydrogen) atoms. The fourth-order valence-corrected chi connectivity index (χ4v) is 3.83. The number of nitrogens with one attached hydrogen (secondary N) is 2. The van der Waals surface area contributed by atoms with Gasteiger partial charge in [0.15, 0.2) is 22.2 Å². The number of hydrogen-bond donors (Lipinski definition) is 2. The van der Waals surface area contributed by atoms with E-state index in [1.54, 1.807) is 18.2 Å². The Morgan fingerprint density at radius 1 is 0.971 bits per heavy atom. The van der Waals surface area contributed by atoms with Crippen LogP contribution in [-0.2, 0) is 5.41 Å². The Hall–Kier alpha value is -3.91. The lowest BCUT2D eigenvalue weighted by Crippen LogP contribution is -2.34. The second-order valence-corrected chi connectivity index (χ2v) is 9.41. The van der Waals surface area contributed by atoms with Gasteiger partial charge in [-0.05, 0) is 71.7 Å². The molecule has 0 saturated heterocycles. The van der Waals surface area contributed by atoms with E-state index in [1.807, 2.05) is 30.3 Å². The number of ether oxygens (including phenoxy) is 2. The molecule has 7 nitrogen and oxygen atoms in total. The highest BCUT2D eigenvalue weighted by Crippen LogP contribution is 2.32. The predicted octanol–water partition coefficient (Wildman–Crippen LogP) is 5.65. The van der Waals surface area contributed by atoms with E-state index in [9.17, 15) is 4.79 Å². The molecule has 2 heterocycles. The Morgan fingerprint density at radius 3 is 2.50 bits per heavy atom. The molecule has 8 heteroatoms. The normalized spacial score (nSPS) is 12.6. The Labute approximate surface area is 202 Å². The molecule has 0 saturated carbocycles. The maximum atomic E-state index is 12.5. The third-order valence-corrected chi connectivity index (χ3v) is 5.71. The van der Waals surface area contributed by atoms with Crippen molar-refractivity contribution in [3.05, 3.63) is 71.8 Å². The van der Waals surface area contributed by atoms with Crippen molar-refractivity contribution in [3.8, 4) is 23.0 Å². The van der Waals surface area contributed by atoms with Crippen molar-refractivity contribution in [2.75, 3.05) is 12.1 Å². The van der Waals surface area contributed by atoms with Crippen LogP contribution < -0.4 is 20.1 Å². The second-order valence-electron chi connectivity index (χ2n) is 9.01. The van der Waals surface area contributed by atoms with Crippen molar-refractivity contribution in [2.45, 2.75) is 26.2 Å². The largest absolute Gasteiger partial charge is 0.454 e. The second kappa shape index (κ2) is 8.46. The van der Waals surface area contributed by atoms with Crippen molar-refractivity contribution < 1.29 is 18.7 Å². The molecule has 172 valence electrons. The lowest BCUT2D eigenvalue weighted by molar-refractivity contribution is 0.0977. The van der Waals surface area contributed by atoms with Gasteiger partial charge in [0.2, 0.25) is 12.7 Å². The van der Waals surface area contributed by atoms with Crippen molar-refractivity contribution in [2.24, 2.45) is 0 Å². The zero-order valence-electron chi connectivity index (χ0n) is 19.0. The van der Waals surface area contributed by atoms with Gasteiger partial charge >= 0.3 is 0 Å². The average molecular weight is 474 g/mol. The summed E-state index contributed by atoms with van der Waals surface area (Å²) in [6.45, 7) is 6.68. The minimum absolute atomic E-state index is 0.0803. The first kappa shape index (κ1) is 21.9. The minimum Gasteiger partial charge on any atom is -0.454 e. The predicted molar refractivity (Wildman–Crippen MR) is 134 cm³/mol. The van der Waals surface area contributed by atoms with Crippen LogP contribution in [0.2, 0.25) is 0 Å². The molecule has 1 aliphatic heterocycles. The van der Waals surface area contributed by atoms with Gasteiger partial charge in [0, 0.05) is 16.8 Å². The molecule has 0 fully saturated rings. The van der Waals surface area contributed by atoms with Crippen LogP contribution in [0.25, 0.3) is 22.6 Å². The molecule has 0 spiro atoms. The molecule has 0 radical (unpaired) electrons. The van der Waals surface area contributed by atoms with Crippen LogP contribution in [0.1, 0.15) is 36.7 Å². The number of aromatic nitrogens is 1. The van der Waals surface area contributed by atoms with E-state index in [2.05, 4.69) is 48.5 Å². The summed E-state index contributed by atoms with van der Waals surface area (Å²) in [4.78, 5) is 17.2. The summed E-state index contributed by atoms with van der Waals surface area (Å²) in [5.74, 6) is 1.35. The van der Waals surface area contributed by atoms with Gasteiger partial charge in [-0.15, -0.1) is 0 Å². The van der Waals surface area contributed by atoms with E-state index < -0.39 is 0 Å². The Kier molecular flexibility index (Phi) is 5.45. The quantitative estimate of drug-likeness (QED) is 0.372. The lowest BCUT2D eigenvalue weighted by atomic mass is 9.87. The number of fused-ring (bicyclic) bond motifs is 2. The van der Waals surface area contributed by atoms with E-state index in [0.717, 1.165) is 5.56 Å². The number of rotatable bonds is 3. The van der Waals surface area contributed by atoms with Crippen molar-refractivity contribution in [3.63, 3.8) is 0 Å². The first-order valence-corrected chi connectivity index (χ1v) is 11.2. The van der Waals surface area contributed by atoms with E-state index in [0.29, 0.717) is 39.7 Å². The van der Waals surface area contributed by atoms with Crippen molar-refractivity contribution in [1.82, 2.24) is 10.3 Å². The summed E-state index contributed by atoms with van der Waals surface area (Å²) < 4.78 is 16.5. The standard InChI is InChI=1S/C26H23N3O4S/c1-26(2,3)17-7-4-15(5-8-17)24-28-19-13-18(9-11-20(19)33-24)27-25(34)29-23(30)16-6-10-21-22(12-16)32-14-31-21/h4-13H,14H2,1-3H3,(H2,27,29,30,34). The Morgan fingerprint density at radius 2 is 1.74 bits per heavy atom. The number of carbonyl (C=O) groups is 1. The molecule has 0 unspecified atom stereocenters. The third kappa shape index (κ3) is 4.45. The lowest BCUT2D eigenvalue weighted by Gasteiger charge is -2.18. The van der Waals surface area contributed by atoms with Crippen LogP contribution >= 0.6 is 12.2 Å². The van der Waals surface area contributed by atoms with Crippen molar-refractivity contribution in [1.29, 1.82) is 0 Å². The summed E-state index contributed by atoms with van der Waals surface area (Å²) in [5, 5.41) is 5.87. The zero-order chi connectivity index (χ0) is 23.9. The summed E-state index contributed by atoms with van der Waals surface area (Å²) in [6.07, 6.45) is 0. The van der Waals surface area contributed by atoms with Gasteiger partial charge in [-0.2, -0.15) is 0 Å².